The average Bonchev–Trinajstić information content (AvgIpc) is 3.04. The van der Waals surface area contributed by atoms with Crippen molar-refractivity contribution in [3.8, 4) is 17.0 Å². The van der Waals surface area contributed by atoms with Gasteiger partial charge in [0.1, 0.15) is 11.4 Å². The number of aromatic amines is 1. The standard InChI is InChI=1S/C18H14F3N3O2/c1-11-5-7-12(8-6-11)15-10-16(24-23-15)17(25)22-13-3-2-4-14(9-13)26-18(19,20)21/h2-10H,1H3,(H,22,25)(H,23,24). The molecule has 0 saturated carbocycles. The first-order chi connectivity index (χ1) is 12.3. The molecule has 2 N–H and O–H groups in total. The number of aryl methyl sites for hydroxylation is 1. The molecule has 0 aliphatic carbocycles. The minimum atomic E-state index is -4.80. The fourth-order valence-corrected chi connectivity index (χ4v) is 2.28. The van der Waals surface area contributed by atoms with Crippen molar-refractivity contribution in [1.29, 1.82) is 0 Å². The molecule has 2 aromatic carbocycles. The minimum Gasteiger partial charge on any atom is -0.406 e. The number of nitrogens with zero attached hydrogens (tertiary/aromatic N) is 1. The Labute approximate surface area is 146 Å². The van der Waals surface area contributed by atoms with Gasteiger partial charge in [-0.25, -0.2) is 0 Å². The van der Waals surface area contributed by atoms with Crippen molar-refractivity contribution in [1.82, 2.24) is 10.2 Å². The van der Waals surface area contributed by atoms with Crippen LogP contribution in [0.25, 0.3) is 11.3 Å². The van der Waals surface area contributed by atoms with Crippen LogP contribution in [0.2, 0.25) is 0 Å². The van der Waals surface area contributed by atoms with Gasteiger partial charge in [-0.1, -0.05) is 35.9 Å². The Morgan fingerprint density at radius 2 is 1.85 bits per heavy atom. The van der Waals surface area contributed by atoms with E-state index in [1.54, 1.807) is 6.07 Å². The van der Waals surface area contributed by atoms with Crippen LogP contribution < -0.4 is 10.1 Å². The van der Waals surface area contributed by atoms with Crippen molar-refractivity contribution >= 4 is 11.6 Å². The Hall–Kier alpha value is -3.29. The van der Waals surface area contributed by atoms with Gasteiger partial charge in [-0.2, -0.15) is 5.10 Å². The smallest absolute Gasteiger partial charge is 0.406 e. The Kier molecular flexibility index (Phi) is 4.66. The Morgan fingerprint density at radius 1 is 1.12 bits per heavy atom. The summed E-state index contributed by atoms with van der Waals surface area (Å²) in [4.78, 5) is 12.3. The molecule has 134 valence electrons. The lowest BCUT2D eigenvalue weighted by molar-refractivity contribution is -0.274. The molecule has 0 spiro atoms. The van der Waals surface area contributed by atoms with Crippen molar-refractivity contribution in [2.75, 3.05) is 5.32 Å². The summed E-state index contributed by atoms with van der Waals surface area (Å²) >= 11 is 0. The van der Waals surface area contributed by atoms with E-state index in [9.17, 15) is 18.0 Å². The molecule has 3 aromatic rings. The van der Waals surface area contributed by atoms with Crippen LogP contribution in [-0.4, -0.2) is 22.5 Å². The number of carbonyl (C=O) groups is 1. The molecule has 0 aliphatic rings. The third-order valence-electron chi connectivity index (χ3n) is 3.50. The second-order valence-corrected chi connectivity index (χ2v) is 5.56. The number of anilines is 1. The molecule has 1 heterocycles. The van der Waals surface area contributed by atoms with Gasteiger partial charge in [0.15, 0.2) is 0 Å². The maximum Gasteiger partial charge on any atom is 0.573 e. The van der Waals surface area contributed by atoms with Crippen LogP contribution in [0, 0.1) is 6.92 Å². The van der Waals surface area contributed by atoms with Crippen molar-refractivity contribution in [3.05, 3.63) is 65.9 Å². The summed E-state index contributed by atoms with van der Waals surface area (Å²) < 4.78 is 40.6. The van der Waals surface area contributed by atoms with Crippen molar-refractivity contribution in [2.45, 2.75) is 13.3 Å². The first-order valence-electron chi connectivity index (χ1n) is 7.60. The van der Waals surface area contributed by atoms with E-state index < -0.39 is 18.0 Å². The fourth-order valence-electron chi connectivity index (χ4n) is 2.28. The zero-order valence-corrected chi connectivity index (χ0v) is 13.6. The van der Waals surface area contributed by atoms with Gasteiger partial charge in [-0.15, -0.1) is 13.2 Å². The van der Waals surface area contributed by atoms with Crippen LogP contribution >= 0.6 is 0 Å². The molecular formula is C18H14F3N3O2. The van der Waals surface area contributed by atoms with Gasteiger partial charge in [-0.3, -0.25) is 9.89 Å². The second kappa shape index (κ2) is 6.91. The van der Waals surface area contributed by atoms with Crippen molar-refractivity contribution in [3.63, 3.8) is 0 Å². The van der Waals surface area contributed by atoms with E-state index >= 15 is 0 Å². The molecular weight excluding hydrogens is 347 g/mol. The van der Waals surface area contributed by atoms with E-state index in [2.05, 4.69) is 20.3 Å². The second-order valence-electron chi connectivity index (χ2n) is 5.56. The van der Waals surface area contributed by atoms with Crippen molar-refractivity contribution < 1.29 is 22.7 Å². The monoisotopic (exact) mass is 361 g/mol. The number of alkyl halides is 3. The number of halogens is 3. The van der Waals surface area contributed by atoms with Crippen LogP contribution in [0.1, 0.15) is 16.1 Å². The Balaban J connectivity index is 1.73. The van der Waals surface area contributed by atoms with Crippen LogP contribution in [0.4, 0.5) is 18.9 Å². The number of ether oxygens (including phenoxy) is 1. The van der Waals surface area contributed by atoms with E-state index in [0.717, 1.165) is 23.3 Å². The van der Waals surface area contributed by atoms with E-state index in [0.29, 0.717) is 5.69 Å². The summed E-state index contributed by atoms with van der Waals surface area (Å²) in [6.07, 6.45) is -4.80. The summed E-state index contributed by atoms with van der Waals surface area (Å²) in [5.41, 5.74) is 2.88. The zero-order chi connectivity index (χ0) is 18.7. The molecule has 0 fully saturated rings. The molecule has 26 heavy (non-hydrogen) atoms. The van der Waals surface area contributed by atoms with Gasteiger partial charge < -0.3 is 10.1 Å². The van der Waals surface area contributed by atoms with E-state index in [1.807, 2.05) is 31.2 Å². The molecule has 0 atom stereocenters. The van der Waals surface area contributed by atoms with Crippen LogP contribution in [0.15, 0.2) is 54.6 Å². The fraction of sp³-hybridized carbons (Fsp3) is 0.111. The normalized spacial score (nSPS) is 11.2. The van der Waals surface area contributed by atoms with E-state index in [1.165, 1.54) is 12.1 Å². The average molecular weight is 361 g/mol. The highest BCUT2D eigenvalue weighted by molar-refractivity contribution is 6.03. The SMILES string of the molecule is Cc1ccc(-c2cc(C(=O)Nc3cccc(OC(F)(F)F)c3)[nH]n2)cc1. The zero-order valence-electron chi connectivity index (χ0n) is 13.6. The molecule has 8 heteroatoms. The van der Waals surface area contributed by atoms with Gasteiger partial charge in [0, 0.05) is 17.3 Å². The number of nitrogens with one attached hydrogen (secondary N) is 2. The number of hydrogen-bond acceptors (Lipinski definition) is 3. The lowest BCUT2D eigenvalue weighted by Gasteiger charge is -2.10. The number of carbonyl (C=O) groups excluding carboxylic acids is 1. The number of hydrogen-bond donors (Lipinski definition) is 2. The van der Waals surface area contributed by atoms with E-state index in [4.69, 9.17) is 0 Å². The quantitative estimate of drug-likeness (QED) is 0.717. The third-order valence-corrected chi connectivity index (χ3v) is 3.50. The van der Waals surface area contributed by atoms with Crippen LogP contribution in [0.5, 0.6) is 5.75 Å². The largest absolute Gasteiger partial charge is 0.573 e. The predicted octanol–water partition coefficient (Wildman–Crippen LogP) is 4.54. The lowest BCUT2D eigenvalue weighted by atomic mass is 10.1. The van der Waals surface area contributed by atoms with Gasteiger partial charge in [0.25, 0.3) is 5.91 Å². The third kappa shape index (κ3) is 4.41. The highest BCUT2D eigenvalue weighted by atomic mass is 19.4. The maximum absolute atomic E-state index is 12.3. The number of benzene rings is 2. The molecule has 1 amide bonds. The van der Waals surface area contributed by atoms with Gasteiger partial charge >= 0.3 is 6.36 Å². The Bertz CT molecular complexity index is 918. The van der Waals surface area contributed by atoms with E-state index in [-0.39, 0.29) is 11.4 Å². The maximum atomic E-state index is 12.3. The summed E-state index contributed by atoms with van der Waals surface area (Å²) in [6, 6.07) is 14.2. The molecule has 5 nitrogen and oxygen atoms in total. The number of H-pyrrole nitrogens is 1. The highest BCUT2D eigenvalue weighted by Gasteiger charge is 2.31. The predicted molar refractivity (Wildman–Crippen MR) is 89.8 cm³/mol. The molecule has 0 aliphatic heterocycles. The molecule has 0 saturated heterocycles. The minimum absolute atomic E-state index is 0.170. The summed E-state index contributed by atoms with van der Waals surface area (Å²) in [6.45, 7) is 1.96. The topological polar surface area (TPSA) is 67.0 Å². The van der Waals surface area contributed by atoms with Gasteiger partial charge in [0.05, 0.1) is 5.69 Å². The van der Waals surface area contributed by atoms with Crippen LogP contribution in [-0.2, 0) is 0 Å². The first-order valence-corrected chi connectivity index (χ1v) is 7.60. The molecule has 0 unspecified atom stereocenters. The number of rotatable bonds is 4. The summed E-state index contributed by atoms with van der Waals surface area (Å²) in [5.74, 6) is -0.944. The van der Waals surface area contributed by atoms with Crippen molar-refractivity contribution in [2.24, 2.45) is 0 Å². The first kappa shape index (κ1) is 17.5. The number of aromatic nitrogens is 2. The van der Waals surface area contributed by atoms with Gasteiger partial charge in [0.2, 0.25) is 0 Å². The molecule has 0 bridgehead atoms. The molecule has 3 rings (SSSR count). The lowest BCUT2D eigenvalue weighted by Crippen LogP contribution is -2.17. The highest BCUT2D eigenvalue weighted by Crippen LogP contribution is 2.25. The molecule has 0 radical (unpaired) electrons. The summed E-state index contributed by atoms with van der Waals surface area (Å²) in [7, 11) is 0. The summed E-state index contributed by atoms with van der Waals surface area (Å²) in [5, 5.41) is 9.20. The Morgan fingerprint density at radius 3 is 2.54 bits per heavy atom. The van der Waals surface area contributed by atoms with Gasteiger partial charge in [-0.05, 0) is 25.1 Å². The number of amides is 1. The van der Waals surface area contributed by atoms with Crippen LogP contribution in [0.3, 0.4) is 0 Å². The molecule has 1 aromatic heterocycles.